The quantitative estimate of drug-likeness (QED) is 0.237. The summed E-state index contributed by atoms with van der Waals surface area (Å²) in [6, 6.07) is 19.8. The summed E-state index contributed by atoms with van der Waals surface area (Å²) in [4.78, 5) is 24.9. The third-order valence-electron chi connectivity index (χ3n) is 4.19. The molecule has 3 aromatic rings. The first kappa shape index (κ1) is 24.3. The lowest BCUT2D eigenvalue weighted by atomic mass is 10.2. The Morgan fingerprint density at radius 2 is 1.67 bits per heavy atom. The van der Waals surface area contributed by atoms with Crippen molar-refractivity contribution in [2.75, 3.05) is 17.7 Å². The van der Waals surface area contributed by atoms with Crippen molar-refractivity contribution in [1.29, 1.82) is 0 Å². The molecule has 0 aliphatic carbocycles. The Kier molecular flexibility index (Phi) is 9.29. The maximum atomic E-state index is 12.9. The van der Waals surface area contributed by atoms with Gasteiger partial charge in [0.25, 0.3) is 5.91 Å². The van der Waals surface area contributed by atoms with E-state index in [0.29, 0.717) is 28.6 Å². The second kappa shape index (κ2) is 12.6. The van der Waals surface area contributed by atoms with Crippen molar-refractivity contribution in [3.05, 3.63) is 89.2 Å². The SMILES string of the molecule is O=C(CCSc1ccc(Cl)cc1)N/N=C\c1ccc(OCC(=O)Nc2ccc(F)cc2)cc1. The molecule has 0 spiro atoms. The fourth-order valence-corrected chi connectivity index (χ4v) is 3.53. The van der Waals surface area contributed by atoms with Crippen LogP contribution in [0.5, 0.6) is 5.75 Å². The van der Waals surface area contributed by atoms with Crippen LogP contribution in [0.1, 0.15) is 12.0 Å². The van der Waals surface area contributed by atoms with Gasteiger partial charge in [0.2, 0.25) is 5.91 Å². The van der Waals surface area contributed by atoms with Gasteiger partial charge in [-0.15, -0.1) is 11.8 Å². The number of amides is 2. The van der Waals surface area contributed by atoms with Crippen molar-refractivity contribution in [2.24, 2.45) is 5.10 Å². The van der Waals surface area contributed by atoms with Crippen LogP contribution in [-0.2, 0) is 9.59 Å². The molecule has 3 aromatic carbocycles. The highest BCUT2D eigenvalue weighted by Crippen LogP contribution is 2.20. The maximum Gasteiger partial charge on any atom is 0.262 e. The smallest absolute Gasteiger partial charge is 0.262 e. The number of hydrazone groups is 1. The highest BCUT2D eigenvalue weighted by molar-refractivity contribution is 7.99. The zero-order valence-electron chi connectivity index (χ0n) is 17.5. The second-order valence-electron chi connectivity index (χ2n) is 6.76. The zero-order chi connectivity index (χ0) is 23.5. The lowest BCUT2D eigenvalue weighted by Gasteiger charge is -2.07. The summed E-state index contributed by atoms with van der Waals surface area (Å²) in [7, 11) is 0. The van der Waals surface area contributed by atoms with E-state index in [0.717, 1.165) is 10.5 Å². The van der Waals surface area contributed by atoms with Gasteiger partial charge in [-0.05, 0) is 78.4 Å². The van der Waals surface area contributed by atoms with Gasteiger partial charge in [-0.3, -0.25) is 9.59 Å². The first-order valence-corrected chi connectivity index (χ1v) is 11.3. The summed E-state index contributed by atoms with van der Waals surface area (Å²) in [5.74, 6) is 0.221. The predicted molar refractivity (Wildman–Crippen MR) is 129 cm³/mol. The van der Waals surface area contributed by atoms with Crippen molar-refractivity contribution in [3.63, 3.8) is 0 Å². The minimum atomic E-state index is -0.374. The fourth-order valence-electron chi connectivity index (χ4n) is 2.56. The highest BCUT2D eigenvalue weighted by atomic mass is 35.5. The van der Waals surface area contributed by atoms with Gasteiger partial charge in [-0.1, -0.05) is 11.6 Å². The average molecular weight is 486 g/mol. The lowest BCUT2D eigenvalue weighted by Crippen LogP contribution is -2.20. The van der Waals surface area contributed by atoms with Crippen LogP contribution < -0.4 is 15.5 Å². The molecular formula is C24H21ClFN3O3S. The summed E-state index contributed by atoms with van der Waals surface area (Å²) < 4.78 is 18.3. The van der Waals surface area contributed by atoms with Crippen LogP contribution in [0.15, 0.2) is 82.8 Å². The Labute approximate surface area is 200 Å². The third-order valence-corrected chi connectivity index (χ3v) is 5.46. The van der Waals surface area contributed by atoms with Gasteiger partial charge in [0.15, 0.2) is 6.61 Å². The van der Waals surface area contributed by atoms with E-state index in [4.69, 9.17) is 16.3 Å². The number of nitrogens with one attached hydrogen (secondary N) is 2. The van der Waals surface area contributed by atoms with Crippen LogP contribution in [0.2, 0.25) is 5.02 Å². The minimum absolute atomic E-state index is 0.181. The first-order valence-electron chi connectivity index (χ1n) is 9.96. The van der Waals surface area contributed by atoms with Crippen LogP contribution in [0, 0.1) is 5.82 Å². The summed E-state index contributed by atoms with van der Waals surface area (Å²) in [5, 5.41) is 7.25. The number of carbonyl (C=O) groups is 2. The van der Waals surface area contributed by atoms with Gasteiger partial charge in [0.1, 0.15) is 11.6 Å². The molecule has 0 aromatic heterocycles. The molecule has 0 saturated heterocycles. The molecule has 2 amide bonds. The topological polar surface area (TPSA) is 79.8 Å². The maximum absolute atomic E-state index is 12.9. The molecule has 0 bridgehead atoms. The van der Waals surface area contributed by atoms with E-state index in [1.54, 1.807) is 36.0 Å². The summed E-state index contributed by atoms with van der Waals surface area (Å²) in [5.41, 5.74) is 3.74. The van der Waals surface area contributed by atoms with Crippen molar-refractivity contribution in [2.45, 2.75) is 11.3 Å². The molecule has 0 unspecified atom stereocenters. The largest absolute Gasteiger partial charge is 0.484 e. The van der Waals surface area contributed by atoms with Gasteiger partial charge in [-0.2, -0.15) is 5.10 Å². The van der Waals surface area contributed by atoms with Crippen molar-refractivity contribution in [3.8, 4) is 5.75 Å². The van der Waals surface area contributed by atoms with Gasteiger partial charge in [0.05, 0.1) is 6.21 Å². The normalized spacial score (nSPS) is 10.7. The van der Waals surface area contributed by atoms with Crippen LogP contribution in [-0.4, -0.2) is 30.4 Å². The Bertz CT molecular complexity index is 1090. The predicted octanol–water partition coefficient (Wildman–Crippen LogP) is 5.13. The number of benzene rings is 3. The summed E-state index contributed by atoms with van der Waals surface area (Å²) in [6.07, 6.45) is 1.85. The summed E-state index contributed by atoms with van der Waals surface area (Å²) >= 11 is 7.42. The number of ether oxygens (including phenoxy) is 1. The van der Waals surface area contributed by atoms with Crippen LogP contribution in [0.4, 0.5) is 10.1 Å². The molecule has 0 aliphatic rings. The van der Waals surface area contributed by atoms with Crippen LogP contribution in [0.3, 0.4) is 0 Å². The number of anilines is 1. The molecule has 3 rings (SSSR count). The highest BCUT2D eigenvalue weighted by Gasteiger charge is 2.04. The average Bonchev–Trinajstić information content (AvgIpc) is 2.81. The van der Waals surface area contributed by atoms with Crippen LogP contribution >= 0.6 is 23.4 Å². The number of hydrogen-bond acceptors (Lipinski definition) is 5. The van der Waals surface area contributed by atoms with E-state index in [9.17, 15) is 14.0 Å². The van der Waals surface area contributed by atoms with Crippen molar-refractivity contribution < 1.29 is 18.7 Å². The van der Waals surface area contributed by atoms with E-state index in [1.165, 1.54) is 30.5 Å². The number of rotatable bonds is 10. The first-order chi connectivity index (χ1) is 16.0. The molecular weight excluding hydrogens is 465 g/mol. The number of carbonyl (C=O) groups excluding carboxylic acids is 2. The third kappa shape index (κ3) is 8.96. The fraction of sp³-hybridized carbons (Fsp3) is 0.125. The van der Waals surface area contributed by atoms with E-state index in [1.807, 2.05) is 24.3 Å². The van der Waals surface area contributed by atoms with E-state index >= 15 is 0 Å². The monoisotopic (exact) mass is 485 g/mol. The Morgan fingerprint density at radius 1 is 0.970 bits per heavy atom. The number of nitrogens with zero attached hydrogens (tertiary/aromatic N) is 1. The van der Waals surface area contributed by atoms with Gasteiger partial charge >= 0.3 is 0 Å². The Morgan fingerprint density at radius 3 is 2.36 bits per heavy atom. The number of halogens is 2. The molecule has 2 N–H and O–H groups in total. The zero-order valence-corrected chi connectivity index (χ0v) is 19.0. The summed E-state index contributed by atoms with van der Waals surface area (Å²) in [6.45, 7) is -0.186. The minimum Gasteiger partial charge on any atom is -0.484 e. The van der Waals surface area contributed by atoms with Gasteiger partial charge < -0.3 is 10.1 Å². The van der Waals surface area contributed by atoms with Gasteiger partial charge in [-0.25, -0.2) is 9.82 Å². The van der Waals surface area contributed by atoms with Crippen LogP contribution in [0.25, 0.3) is 0 Å². The molecule has 6 nitrogen and oxygen atoms in total. The molecule has 0 fully saturated rings. The molecule has 0 radical (unpaired) electrons. The Hall–Kier alpha value is -3.36. The molecule has 33 heavy (non-hydrogen) atoms. The molecule has 0 heterocycles. The molecule has 170 valence electrons. The van der Waals surface area contributed by atoms with E-state index < -0.39 is 0 Å². The molecule has 0 aliphatic heterocycles. The number of hydrogen-bond donors (Lipinski definition) is 2. The van der Waals surface area contributed by atoms with E-state index in [2.05, 4.69) is 15.8 Å². The second-order valence-corrected chi connectivity index (χ2v) is 8.36. The van der Waals surface area contributed by atoms with Crippen molar-refractivity contribution >= 4 is 47.1 Å². The number of thioether (sulfide) groups is 1. The van der Waals surface area contributed by atoms with E-state index in [-0.39, 0.29) is 24.2 Å². The van der Waals surface area contributed by atoms with Gasteiger partial charge in [0, 0.05) is 27.8 Å². The Balaban J connectivity index is 1.35. The molecule has 0 atom stereocenters. The lowest BCUT2D eigenvalue weighted by molar-refractivity contribution is -0.120. The standard InChI is InChI=1S/C24H21ClFN3O3S/c25-18-3-11-22(12-4-18)33-14-13-23(30)29-27-15-17-1-9-21(10-2-17)32-16-24(31)28-20-7-5-19(26)6-8-20/h1-12,15H,13-14,16H2,(H,28,31)(H,29,30)/b27-15-. The molecule has 0 saturated carbocycles. The van der Waals surface area contributed by atoms with Crippen molar-refractivity contribution in [1.82, 2.24) is 5.43 Å². The molecule has 9 heteroatoms.